The van der Waals surface area contributed by atoms with Crippen LogP contribution in [0.1, 0.15) is 42.4 Å². The van der Waals surface area contributed by atoms with E-state index in [-0.39, 0.29) is 11.6 Å². The zero-order chi connectivity index (χ0) is 21.3. The number of nitrogens with zero attached hydrogens (tertiary/aromatic N) is 3. The summed E-state index contributed by atoms with van der Waals surface area (Å²) in [5, 5.41) is 18.7. The van der Waals surface area contributed by atoms with Crippen LogP contribution in [0.5, 0.6) is 0 Å². The Labute approximate surface area is 169 Å². The van der Waals surface area contributed by atoms with Gasteiger partial charge in [-0.15, -0.1) is 0 Å². The minimum absolute atomic E-state index is 0.0621. The molecule has 0 unspecified atom stereocenters. The smallest absolute Gasteiger partial charge is 0.271 e. The number of nitrogens with one attached hydrogen (secondary N) is 1. The van der Waals surface area contributed by atoms with Gasteiger partial charge < -0.3 is 5.32 Å². The van der Waals surface area contributed by atoms with Crippen molar-refractivity contribution in [3.63, 3.8) is 0 Å². The van der Waals surface area contributed by atoms with Gasteiger partial charge >= 0.3 is 0 Å². The summed E-state index contributed by atoms with van der Waals surface area (Å²) >= 11 is 0. The van der Waals surface area contributed by atoms with E-state index in [0.29, 0.717) is 17.1 Å². The summed E-state index contributed by atoms with van der Waals surface area (Å²) in [6.07, 6.45) is 0. The number of nitro groups is 1. The van der Waals surface area contributed by atoms with Crippen LogP contribution in [0.3, 0.4) is 0 Å². The average Bonchev–Trinajstić information content (AvgIpc) is 3.08. The highest BCUT2D eigenvalue weighted by Crippen LogP contribution is 2.25. The second kappa shape index (κ2) is 7.50. The van der Waals surface area contributed by atoms with Crippen molar-refractivity contribution in [2.24, 2.45) is 0 Å². The Hall–Kier alpha value is -3.48. The number of benzene rings is 2. The number of hydrogen-bond donors (Lipinski definition) is 1. The normalized spacial score (nSPS) is 11.3. The maximum atomic E-state index is 12.9. The predicted molar refractivity (Wildman–Crippen MR) is 112 cm³/mol. The second-order valence-corrected chi connectivity index (χ2v) is 8.11. The third kappa shape index (κ3) is 4.51. The molecule has 1 heterocycles. The van der Waals surface area contributed by atoms with E-state index in [0.717, 1.165) is 16.7 Å². The monoisotopic (exact) mass is 392 g/mol. The Kier molecular flexibility index (Phi) is 5.24. The van der Waals surface area contributed by atoms with Crippen molar-refractivity contribution in [3.05, 3.63) is 75.5 Å². The first-order valence-electron chi connectivity index (χ1n) is 9.30. The van der Waals surface area contributed by atoms with Gasteiger partial charge in [-0.3, -0.25) is 14.9 Å². The van der Waals surface area contributed by atoms with Gasteiger partial charge in [0.05, 0.1) is 16.3 Å². The Balaban J connectivity index is 2.16. The lowest BCUT2D eigenvalue weighted by Gasteiger charge is -2.20. The molecule has 3 rings (SSSR count). The number of carbonyl (C=O) groups is 1. The number of aromatic nitrogens is 2. The third-order valence-corrected chi connectivity index (χ3v) is 4.52. The largest absolute Gasteiger partial charge is 0.346 e. The van der Waals surface area contributed by atoms with Gasteiger partial charge in [0.15, 0.2) is 0 Å². The summed E-state index contributed by atoms with van der Waals surface area (Å²) in [6, 6.07) is 13.8. The van der Waals surface area contributed by atoms with E-state index in [1.807, 2.05) is 52.8 Å². The summed E-state index contributed by atoms with van der Waals surface area (Å²) in [4.78, 5) is 23.7. The van der Waals surface area contributed by atoms with Gasteiger partial charge in [-0.2, -0.15) is 5.10 Å². The van der Waals surface area contributed by atoms with Crippen LogP contribution in [0.2, 0.25) is 0 Å². The maximum absolute atomic E-state index is 12.9. The van der Waals surface area contributed by atoms with E-state index in [2.05, 4.69) is 10.4 Å². The molecule has 7 heteroatoms. The fourth-order valence-electron chi connectivity index (χ4n) is 2.92. The van der Waals surface area contributed by atoms with Gasteiger partial charge in [0.2, 0.25) is 0 Å². The minimum Gasteiger partial charge on any atom is -0.346 e. The quantitative estimate of drug-likeness (QED) is 0.519. The van der Waals surface area contributed by atoms with Crippen LogP contribution in [-0.4, -0.2) is 26.1 Å². The fourth-order valence-corrected chi connectivity index (χ4v) is 2.92. The van der Waals surface area contributed by atoms with Crippen molar-refractivity contribution in [3.8, 4) is 16.9 Å². The molecular formula is C22H24N4O3. The standard InChI is InChI=1S/C22H24N4O3/c1-14-9-10-16(11-15(14)2)19-13-20(21(27)23-22(3,4)5)25(24-19)17-7-6-8-18(12-17)26(28)29/h6-13H,1-5H3,(H,23,27). The van der Waals surface area contributed by atoms with E-state index < -0.39 is 10.5 Å². The number of carbonyl (C=O) groups excluding carboxylic acids is 1. The van der Waals surface area contributed by atoms with E-state index in [1.54, 1.807) is 18.2 Å². The molecule has 0 aliphatic heterocycles. The first-order chi connectivity index (χ1) is 13.5. The topological polar surface area (TPSA) is 90.1 Å². The van der Waals surface area contributed by atoms with Gasteiger partial charge in [-0.05, 0) is 63.9 Å². The van der Waals surface area contributed by atoms with Gasteiger partial charge in [-0.25, -0.2) is 4.68 Å². The molecule has 0 bridgehead atoms. The number of amides is 1. The molecule has 0 aliphatic carbocycles. The number of nitro benzene ring substituents is 1. The molecule has 150 valence electrons. The maximum Gasteiger partial charge on any atom is 0.271 e. The molecule has 1 aromatic heterocycles. The molecule has 29 heavy (non-hydrogen) atoms. The van der Waals surface area contributed by atoms with Gasteiger partial charge in [0.25, 0.3) is 11.6 Å². The first kappa shape index (κ1) is 20.3. The first-order valence-corrected chi connectivity index (χ1v) is 9.30. The molecule has 1 amide bonds. The minimum atomic E-state index is -0.466. The van der Waals surface area contributed by atoms with Crippen LogP contribution in [0.4, 0.5) is 5.69 Å². The Morgan fingerprint density at radius 1 is 1.07 bits per heavy atom. The molecule has 0 spiro atoms. The molecule has 0 radical (unpaired) electrons. The molecule has 0 saturated carbocycles. The zero-order valence-electron chi connectivity index (χ0n) is 17.2. The lowest BCUT2D eigenvalue weighted by Crippen LogP contribution is -2.41. The molecule has 7 nitrogen and oxygen atoms in total. The summed E-state index contributed by atoms with van der Waals surface area (Å²) < 4.78 is 1.46. The lowest BCUT2D eigenvalue weighted by molar-refractivity contribution is -0.384. The molecule has 0 atom stereocenters. The summed E-state index contributed by atoms with van der Waals surface area (Å²) in [5.74, 6) is -0.299. The zero-order valence-corrected chi connectivity index (χ0v) is 17.2. The highest BCUT2D eigenvalue weighted by Gasteiger charge is 2.22. The molecule has 1 N–H and O–H groups in total. The second-order valence-electron chi connectivity index (χ2n) is 8.11. The van der Waals surface area contributed by atoms with Crippen molar-refractivity contribution in [1.29, 1.82) is 0 Å². The predicted octanol–water partition coefficient (Wildman–Crippen LogP) is 4.59. The molecule has 0 saturated heterocycles. The number of rotatable bonds is 4. The van der Waals surface area contributed by atoms with E-state index in [1.165, 1.54) is 16.8 Å². The molecule has 3 aromatic rings. The van der Waals surface area contributed by atoms with Gasteiger partial charge in [0, 0.05) is 23.2 Å². The molecule has 0 aliphatic rings. The van der Waals surface area contributed by atoms with Crippen molar-refractivity contribution in [2.45, 2.75) is 40.2 Å². The Bertz CT molecular complexity index is 1090. The molecule has 0 fully saturated rings. The van der Waals surface area contributed by atoms with E-state index in [9.17, 15) is 14.9 Å². The summed E-state index contributed by atoms with van der Waals surface area (Å²) in [7, 11) is 0. The average molecular weight is 392 g/mol. The van der Waals surface area contributed by atoms with Gasteiger partial charge in [-0.1, -0.05) is 18.2 Å². The third-order valence-electron chi connectivity index (χ3n) is 4.52. The van der Waals surface area contributed by atoms with Crippen LogP contribution in [-0.2, 0) is 0 Å². The number of non-ortho nitro benzene ring substituents is 1. The van der Waals surface area contributed by atoms with Gasteiger partial charge in [0.1, 0.15) is 5.69 Å². The van der Waals surface area contributed by atoms with E-state index >= 15 is 0 Å². The highest BCUT2D eigenvalue weighted by molar-refractivity contribution is 5.94. The molecular weight excluding hydrogens is 368 g/mol. The van der Waals surface area contributed by atoms with Crippen molar-refractivity contribution in [1.82, 2.24) is 15.1 Å². The van der Waals surface area contributed by atoms with Crippen molar-refractivity contribution < 1.29 is 9.72 Å². The van der Waals surface area contributed by atoms with E-state index in [4.69, 9.17) is 0 Å². The van der Waals surface area contributed by atoms with Crippen LogP contribution < -0.4 is 5.32 Å². The van der Waals surface area contributed by atoms with Crippen LogP contribution in [0.15, 0.2) is 48.5 Å². The van der Waals surface area contributed by atoms with Crippen LogP contribution in [0, 0.1) is 24.0 Å². The fraction of sp³-hybridized carbons (Fsp3) is 0.273. The van der Waals surface area contributed by atoms with Crippen molar-refractivity contribution >= 4 is 11.6 Å². The summed E-state index contributed by atoms with van der Waals surface area (Å²) in [6.45, 7) is 9.72. The SMILES string of the molecule is Cc1ccc(-c2cc(C(=O)NC(C)(C)C)n(-c3cccc([N+](=O)[O-])c3)n2)cc1C. The van der Waals surface area contributed by atoms with Crippen molar-refractivity contribution in [2.75, 3.05) is 0 Å². The van der Waals surface area contributed by atoms with Crippen LogP contribution in [0.25, 0.3) is 16.9 Å². The number of hydrogen-bond acceptors (Lipinski definition) is 4. The molecule has 2 aromatic carbocycles. The number of aryl methyl sites for hydroxylation is 2. The lowest BCUT2D eigenvalue weighted by atomic mass is 10.0. The Morgan fingerprint density at radius 2 is 1.79 bits per heavy atom. The Morgan fingerprint density at radius 3 is 2.41 bits per heavy atom. The summed E-state index contributed by atoms with van der Waals surface area (Å²) in [5.41, 5.74) is 4.05. The van der Waals surface area contributed by atoms with Crippen LogP contribution >= 0.6 is 0 Å². The highest BCUT2D eigenvalue weighted by atomic mass is 16.6.